The number of benzene rings is 2. The standard InChI is InChI=1S/C16H10ClN3O2/c17-11-3-5-12(6-4-11)19-20-14-8-10(9-21)16(22)15-13(14)2-1-7-18-15/h1-9,22H. The Labute approximate surface area is 130 Å². The van der Waals surface area contributed by atoms with E-state index in [1.54, 1.807) is 36.4 Å². The van der Waals surface area contributed by atoms with Crippen molar-refractivity contribution in [2.75, 3.05) is 0 Å². The van der Waals surface area contributed by atoms with Gasteiger partial charge in [-0.05, 0) is 42.5 Å². The summed E-state index contributed by atoms with van der Waals surface area (Å²) in [4.78, 5) is 15.1. The number of rotatable bonds is 3. The second-order valence-corrected chi connectivity index (χ2v) is 4.96. The van der Waals surface area contributed by atoms with Crippen LogP contribution in [0.15, 0.2) is 58.9 Å². The third kappa shape index (κ3) is 2.66. The summed E-state index contributed by atoms with van der Waals surface area (Å²) in [6.07, 6.45) is 2.10. The van der Waals surface area contributed by atoms with Crippen LogP contribution < -0.4 is 0 Å². The number of nitrogens with zero attached hydrogens (tertiary/aromatic N) is 3. The van der Waals surface area contributed by atoms with Crippen molar-refractivity contribution in [1.29, 1.82) is 0 Å². The van der Waals surface area contributed by atoms with E-state index in [1.165, 1.54) is 12.3 Å². The molecule has 0 aliphatic carbocycles. The van der Waals surface area contributed by atoms with Crippen LogP contribution in [0.2, 0.25) is 5.02 Å². The van der Waals surface area contributed by atoms with Gasteiger partial charge in [0.15, 0.2) is 12.0 Å². The van der Waals surface area contributed by atoms with Crippen LogP contribution in [0.1, 0.15) is 10.4 Å². The highest BCUT2D eigenvalue weighted by Crippen LogP contribution is 2.34. The molecule has 6 heteroatoms. The molecule has 0 unspecified atom stereocenters. The molecule has 0 fully saturated rings. The first-order valence-electron chi connectivity index (χ1n) is 6.42. The van der Waals surface area contributed by atoms with Gasteiger partial charge in [0.05, 0.1) is 16.9 Å². The maximum absolute atomic E-state index is 11.1. The minimum Gasteiger partial charge on any atom is -0.505 e. The van der Waals surface area contributed by atoms with Gasteiger partial charge in [0.25, 0.3) is 0 Å². The number of azo groups is 1. The Hall–Kier alpha value is -2.79. The number of carbonyl (C=O) groups excluding carboxylic acids is 1. The summed E-state index contributed by atoms with van der Waals surface area (Å²) in [5.41, 5.74) is 1.52. The molecule has 1 aromatic heterocycles. The Balaban J connectivity index is 2.12. The lowest BCUT2D eigenvalue weighted by molar-refractivity contribution is 0.112. The summed E-state index contributed by atoms with van der Waals surface area (Å²) < 4.78 is 0. The van der Waals surface area contributed by atoms with E-state index in [-0.39, 0.29) is 11.3 Å². The predicted molar refractivity (Wildman–Crippen MR) is 84.4 cm³/mol. The van der Waals surface area contributed by atoms with Gasteiger partial charge in [-0.25, -0.2) is 0 Å². The summed E-state index contributed by atoms with van der Waals surface area (Å²) >= 11 is 5.82. The average molecular weight is 312 g/mol. The Kier molecular flexibility index (Phi) is 3.80. The lowest BCUT2D eigenvalue weighted by atomic mass is 10.1. The lowest BCUT2D eigenvalue weighted by Crippen LogP contribution is -1.86. The molecule has 3 aromatic rings. The fraction of sp³-hybridized carbons (Fsp3) is 0. The Morgan fingerprint density at radius 3 is 2.64 bits per heavy atom. The van der Waals surface area contributed by atoms with Crippen LogP contribution in [-0.2, 0) is 0 Å². The molecule has 0 bridgehead atoms. The van der Waals surface area contributed by atoms with E-state index in [0.29, 0.717) is 33.6 Å². The van der Waals surface area contributed by atoms with Crippen LogP contribution in [0.5, 0.6) is 5.75 Å². The van der Waals surface area contributed by atoms with E-state index >= 15 is 0 Å². The zero-order valence-corrected chi connectivity index (χ0v) is 12.0. The number of aldehydes is 1. The van der Waals surface area contributed by atoms with Crippen molar-refractivity contribution in [3.63, 3.8) is 0 Å². The van der Waals surface area contributed by atoms with Gasteiger partial charge in [-0.15, -0.1) is 5.11 Å². The van der Waals surface area contributed by atoms with E-state index in [9.17, 15) is 9.90 Å². The molecule has 0 atom stereocenters. The highest BCUT2D eigenvalue weighted by Gasteiger charge is 2.11. The maximum atomic E-state index is 11.1. The van der Waals surface area contributed by atoms with Gasteiger partial charge < -0.3 is 5.11 Å². The first-order valence-corrected chi connectivity index (χ1v) is 6.80. The minimum absolute atomic E-state index is 0.122. The molecule has 0 aliphatic heterocycles. The normalized spacial score (nSPS) is 11.1. The highest BCUT2D eigenvalue weighted by molar-refractivity contribution is 6.30. The zero-order chi connectivity index (χ0) is 15.5. The molecule has 1 N–H and O–H groups in total. The van der Waals surface area contributed by atoms with Gasteiger partial charge >= 0.3 is 0 Å². The van der Waals surface area contributed by atoms with Gasteiger partial charge in [-0.1, -0.05) is 11.6 Å². The molecule has 0 aliphatic rings. The summed E-state index contributed by atoms with van der Waals surface area (Å²) in [6, 6.07) is 11.8. The van der Waals surface area contributed by atoms with Crippen molar-refractivity contribution in [3.05, 3.63) is 59.2 Å². The van der Waals surface area contributed by atoms with Gasteiger partial charge in [-0.2, -0.15) is 5.11 Å². The molecule has 0 radical (unpaired) electrons. The number of fused-ring (bicyclic) bond motifs is 1. The van der Waals surface area contributed by atoms with Crippen LogP contribution in [-0.4, -0.2) is 16.4 Å². The SMILES string of the molecule is O=Cc1cc(N=Nc2ccc(Cl)cc2)c2cccnc2c1O. The van der Waals surface area contributed by atoms with Crippen LogP contribution in [0.3, 0.4) is 0 Å². The van der Waals surface area contributed by atoms with Crippen LogP contribution >= 0.6 is 11.6 Å². The molecule has 0 saturated carbocycles. The summed E-state index contributed by atoms with van der Waals surface area (Å²) in [7, 11) is 0. The van der Waals surface area contributed by atoms with Crippen molar-refractivity contribution in [2.45, 2.75) is 0 Å². The fourth-order valence-corrected chi connectivity index (χ4v) is 2.15. The first kappa shape index (κ1) is 14.2. The van der Waals surface area contributed by atoms with E-state index in [0.717, 1.165) is 0 Å². The van der Waals surface area contributed by atoms with Gasteiger partial charge in [-0.3, -0.25) is 9.78 Å². The summed E-state index contributed by atoms with van der Waals surface area (Å²) in [5, 5.41) is 19.5. The van der Waals surface area contributed by atoms with Gasteiger partial charge in [0.2, 0.25) is 0 Å². The van der Waals surface area contributed by atoms with Gasteiger partial charge in [0, 0.05) is 16.6 Å². The Bertz CT molecular complexity index is 876. The number of phenols is 1. The Morgan fingerprint density at radius 2 is 1.91 bits per heavy atom. The quantitative estimate of drug-likeness (QED) is 0.556. The summed E-state index contributed by atoms with van der Waals surface area (Å²) in [5.74, 6) is -0.156. The molecule has 0 amide bonds. The second kappa shape index (κ2) is 5.91. The number of hydrogen-bond acceptors (Lipinski definition) is 5. The fourth-order valence-electron chi connectivity index (χ4n) is 2.02. The largest absolute Gasteiger partial charge is 0.505 e. The van der Waals surface area contributed by atoms with Crippen LogP contribution in [0, 0.1) is 0 Å². The van der Waals surface area contributed by atoms with Crippen molar-refractivity contribution in [1.82, 2.24) is 4.98 Å². The lowest BCUT2D eigenvalue weighted by Gasteiger charge is -2.05. The number of pyridine rings is 1. The average Bonchev–Trinajstić information content (AvgIpc) is 2.56. The molecule has 0 spiro atoms. The molecular formula is C16H10ClN3O2. The van der Waals surface area contributed by atoms with Crippen molar-refractivity contribution in [3.8, 4) is 5.75 Å². The third-order valence-electron chi connectivity index (χ3n) is 3.10. The van der Waals surface area contributed by atoms with Crippen molar-refractivity contribution < 1.29 is 9.90 Å². The number of hydrogen-bond donors (Lipinski definition) is 1. The van der Waals surface area contributed by atoms with E-state index in [2.05, 4.69) is 15.2 Å². The molecule has 1 heterocycles. The second-order valence-electron chi connectivity index (χ2n) is 4.53. The Morgan fingerprint density at radius 1 is 1.14 bits per heavy atom. The summed E-state index contributed by atoms with van der Waals surface area (Å²) in [6.45, 7) is 0. The molecular weight excluding hydrogens is 302 g/mol. The molecule has 22 heavy (non-hydrogen) atoms. The number of aromatic nitrogens is 1. The molecule has 0 saturated heterocycles. The van der Waals surface area contributed by atoms with Crippen LogP contribution in [0.25, 0.3) is 10.9 Å². The van der Waals surface area contributed by atoms with E-state index in [4.69, 9.17) is 11.6 Å². The van der Waals surface area contributed by atoms with E-state index in [1.807, 2.05) is 0 Å². The van der Waals surface area contributed by atoms with Crippen molar-refractivity contribution >= 4 is 40.2 Å². The molecule has 5 nitrogen and oxygen atoms in total. The number of aromatic hydroxyl groups is 1. The monoisotopic (exact) mass is 311 g/mol. The highest BCUT2D eigenvalue weighted by atomic mass is 35.5. The van der Waals surface area contributed by atoms with E-state index < -0.39 is 0 Å². The zero-order valence-electron chi connectivity index (χ0n) is 11.3. The minimum atomic E-state index is -0.156. The smallest absolute Gasteiger partial charge is 0.153 e. The number of halogens is 1. The van der Waals surface area contributed by atoms with Crippen molar-refractivity contribution in [2.24, 2.45) is 10.2 Å². The van der Waals surface area contributed by atoms with Gasteiger partial charge in [0.1, 0.15) is 5.52 Å². The third-order valence-corrected chi connectivity index (χ3v) is 3.35. The topological polar surface area (TPSA) is 74.9 Å². The first-order chi connectivity index (χ1) is 10.7. The molecule has 108 valence electrons. The molecule has 2 aromatic carbocycles. The van der Waals surface area contributed by atoms with Crippen LogP contribution in [0.4, 0.5) is 11.4 Å². The predicted octanol–water partition coefficient (Wildman–Crippen LogP) is 4.82. The number of carbonyl (C=O) groups is 1. The maximum Gasteiger partial charge on any atom is 0.153 e. The number of phenolic OH excluding ortho intramolecular Hbond substituents is 1. The molecule has 3 rings (SSSR count).